The monoisotopic (exact) mass is 296 g/mol. The fraction of sp³-hybridized carbons (Fsp3) is 0.133. The fourth-order valence-corrected chi connectivity index (χ4v) is 2.23. The molecule has 19 heavy (non-hydrogen) atoms. The molecule has 0 aliphatic carbocycles. The van der Waals surface area contributed by atoms with Crippen molar-refractivity contribution in [3.8, 4) is 0 Å². The van der Waals surface area contributed by atoms with Crippen LogP contribution in [0.5, 0.6) is 0 Å². The maximum atomic E-state index is 13.7. The molecule has 0 atom stereocenters. The summed E-state index contributed by atoms with van der Waals surface area (Å²) in [6.07, 6.45) is 0. The lowest BCUT2D eigenvalue weighted by Gasteiger charge is -2.09. The normalized spacial score (nSPS) is 10.6. The highest BCUT2D eigenvalue weighted by atomic mass is 35.5. The van der Waals surface area contributed by atoms with E-state index in [2.05, 4.69) is 0 Å². The topological polar surface area (TPSA) is 17.1 Å². The van der Waals surface area contributed by atoms with Crippen molar-refractivity contribution in [2.75, 3.05) is 0 Å². The molecule has 0 unspecified atom stereocenters. The van der Waals surface area contributed by atoms with Gasteiger partial charge in [-0.3, -0.25) is 4.79 Å². The van der Waals surface area contributed by atoms with Crippen LogP contribution in [0.2, 0.25) is 10.0 Å². The quantitative estimate of drug-likeness (QED) is 0.714. The minimum Gasteiger partial charge on any atom is -0.288 e. The lowest BCUT2D eigenvalue weighted by Crippen LogP contribution is -2.07. The molecule has 0 aromatic heterocycles. The van der Waals surface area contributed by atoms with E-state index in [-0.39, 0.29) is 5.56 Å². The first-order chi connectivity index (χ1) is 8.90. The average Bonchev–Trinajstić information content (AvgIpc) is 2.36. The molecule has 0 saturated carbocycles. The molecule has 0 radical (unpaired) electrons. The van der Waals surface area contributed by atoms with Crippen molar-refractivity contribution in [2.24, 2.45) is 0 Å². The van der Waals surface area contributed by atoms with E-state index in [1.54, 1.807) is 26.0 Å². The molecule has 1 nitrogen and oxygen atoms in total. The van der Waals surface area contributed by atoms with Gasteiger partial charge in [-0.2, -0.15) is 0 Å². The highest BCUT2D eigenvalue weighted by Crippen LogP contribution is 2.24. The molecule has 98 valence electrons. The van der Waals surface area contributed by atoms with Crippen LogP contribution in [0.1, 0.15) is 27.0 Å². The van der Waals surface area contributed by atoms with Crippen LogP contribution in [-0.2, 0) is 0 Å². The van der Waals surface area contributed by atoms with Crippen molar-refractivity contribution in [2.45, 2.75) is 13.8 Å². The van der Waals surface area contributed by atoms with Crippen molar-refractivity contribution in [1.29, 1.82) is 0 Å². The number of ketones is 1. The van der Waals surface area contributed by atoms with Gasteiger partial charge in [0.05, 0.1) is 5.56 Å². The number of benzene rings is 2. The minimum atomic E-state index is -0.582. The first kappa shape index (κ1) is 14.0. The summed E-state index contributed by atoms with van der Waals surface area (Å²) in [4.78, 5) is 12.4. The van der Waals surface area contributed by atoms with Crippen LogP contribution in [0, 0.1) is 19.7 Å². The number of hydrogen-bond acceptors (Lipinski definition) is 1. The molecule has 0 bridgehead atoms. The van der Waals surface area contributed by atoms with E-state index in [1.807, 2.05) is 0 Å². The Kier molecular flexibility index (Phi) is 3.93. The highest BCUT2D eigenvalue weighted by molar-refractivity contribution is 6.32. The van der Waals surface area contributed by atoms with Gasteiger partial charge in [-0.15, -0.1) is 0 Å². The second kappa shape index (κ2) is 5.32. The van der Waals surface area contributed by atoms with E-state index in [9.17, 15) is 9.18 Å². The van der Waals surface area contributed by atoms with E-state index >= 15 is 0 Å². The van der Waals surface area contributed by atoms with Crippen LogP contribution < -0.4 is 0 Å². The molecular weight excluding hydrogens is 286 g/mol. The molecule has 2 aromatic carbocycles. The van der Waals surface area contributed by atoms with Gasteiger partial charge in [0.15, 0.2) is 5.78 Å². The average molecular weight is 297 g/mol. The van der Waals surface area contributed by atoms with Crippen molar-refractivity contribution in [3.05, 3.63) is 68.4 Å². The van der Waals surface area contributed by atoms with Crippen LogP contribution in [0.15, 0.2) is 30.3 Å². The predicted molar refractivity (Wildman–Crippen MR) is 75.8 cm³/mol. The Morgan fingerprint density at radius 2 is 1.68 bits per heavy atom. The molecule has 4 heteroatoms. The third kappa shape index (κ3) is 2.80. The predicted octanol–water partition coefficient (Wildman–Crippen LogP) is 4.98. The molecule has 0 saturated heterocycles. The molecule has 0 fully saturated rings. The van der Waals surface area contributed by atoms with Gasteiger partial charge in [0, 0.05) is 15.6 Å². The van der Waals surface area contributed by atoms with Gasteiger partial charge in [0.25, 0.3) is 0 Å². The minimum absolute atomic E-state index is 0.0303. The fourth-order valence-electron chi connectivity index (χ4n) is 1.84. The number of hydrogen-bond donors (Lipinski definition) is 0. The summed E-state index contributed by atoms with van der Waals surface area (Å²) in [5.74, 6) is -0.973. The van der Waals surface area contributed by atoms with Gasteiger partial charge < -0.3 is 0 Å². The van der Waals surface area contributed by atoms with Crippen molar-refractivity contribution < 1.29 is 9.18 Å². The zero-order valence-electron chi connectivity index (χ0n) is 10.4. The Hall–Kier alpha value is -1.38. The molecular formula is C15H11Cl2FO. The number of aryl methyl sites for hydroxylation is 2. The van der Waals surface area contributed by atoms with Gasteiger partial charge in [-0.25, -0.2) is 4.39 Å². The third-order valence-electron chi connectivity index (χ3n) is 2.92. The van der Waals surface area contributed by atoms with Gasteiger partial charge in [0.2, 0.25) is 0 Å². The first-order valence-corrected chi connectivity index (χ1v) is 6.42. The maximum absolute atomic E-state index is 13.7. The highest BCUT2D eigenvalue weighted by Gasteiger charge is 2.17. The number of halogens is 3. The largest absolute Gasteiger partial charge is 0.288 e. The molecule has 0 heterocycles. The Balaban J connectivity index is 2.56. The molecule has 0 spiro atoms. The summed E-state index contributed by atoms with van der Waals surface area (Å²) in [5, 5.41) is 0.911. The summed E-state index contributed by atoms with van der Waals surface area (Å²) in [5.41, 5.74) is 1.89. The number of rotatable bonds is 2. The third-order valence-corrected chi connectivity index (χ3v) is 3.57. The summed E-state index contributed by atoms with van der Waals surface area (Å²) < 4.78 is 13.7. The Labute approximate surface area is 121 Å². The van der Waals surface area contributed by atoms with Crippen LogP contribution >= 0.6 is 23.2 Å². The van der Waals surface area contributed by atoms with Crippen LogP contribution in [0.3, 0.4) is 0 Å². The zero-order chi connectivity index (χ0) is 14.2. The molecule has 0 aliphatic rings. The van der Waals surface area contributed by atoms with Crippen LogP contribution in [0.25, 0.3) is 0 Å². The summed E-state index contributed by atoms with van der Waals surface area (Å²) in [7, 11) is 0. The standard InChI is InChI=1S/C15H11Cl2FO/c1-8-6-13(17)9(2)5-11(8)15(19)12-7-10(16)3-4-14(12)18/h3-7H,1-2H3. The van der Waals surface area contributed by atoms with E-state index in [0.717, 1.165) is 5.56 Å². The van der Waals surface area contributed by atoms with E-state index in [1.165, 1.54) is 18.2 Å². The maximum Gasteiger partial charge on any atom is 0.196 e. The van der Waals surface area contributed by atoms with E-state index in [4.69, 9.17) is 23.2 Å². The van der Waals surface area contributed by atoms with Crippen LogP contribution in [-0.4, -0.2) is 5.78 Å². The van der Waals surface area contributed by atoms with Gasteiger partial charge in [-0.05, 0) is 55.3 Å². The lowest BCUT2D eigenvalue weighted by atomic mass is 9.97. The van der Waals surface area contributed by atoms with Gasteiger partial charge in [-0.1, -0.05) is 23.2 Å². The zero-order valence-corrected chi connectivity index (χ0v) is 11.9. The van der Waals surface area contributed by atoms with Gasteiger partial charge in [0.1, 0.15) is 5.82 Å². The molecule has 0 N–H and O–H groups in total. The Morgan fingerprint density at radius 3 is 2.37 bits per heavy atom. The van der Waals surface area contributed by atoms with Crippen molar-refractivity contribution in [1.82, 2.24) is 0 Å². The Bertz CT molecular complexity index is 665. The van der Waals surface area contributed by atoms with E-state index in [0.29, 0.717) is 21.2 Å². The molecule has 0 amide bonds. The number of carbonyl (C=O) groups excluding carboxylic acids is 1. The summed E-state index contributed by atoms with van der Waals surface area (Å²) >= 11 is 11.8. The molecule has 0 aliphatic heterocycles. The summed E-state index contributed by atoms with van der Waals surface area (Å²) in [6, 6.07) is 7.30. The van der Waals surface area contributed by atoms with Crippen LogP contribution in [0.4, 0.5) is 4.39 Å². The molecule has 2 aromatic rings. The second-order valence-corrected chi connectivity index (χ2v) is 5.21. The Morgan fingerprint density at radius 1 is 1.00 bits per heavy atom. The lowest BCUT2D eigenvalue weighted by molar-refractivity contribution is 0.103. The smallest absolute Gasteiger partial charge is 0.196 e. The van der Waals surface area contributed by atoms with Crippen molar-refractivity contribution in [3.63, 3.8) is 0 Å². The summed E-state index contributed by atoms with van der Waals surface area (Å²) in [6.45, 7) is 3.56. The van der Waals surface area contributed by atoms with Gasteiger partial charge >= 0.3 is 0 Å². The van der Waals surface area contributed by atoms with Crippen molar-refractivity contribution >= 4 is 29.0 Å². The first-order valence-electron chi connectivity index (χ1n) is 5.66. The number of carbonyl (C=O) groups is 1. The SMILES string of the molecule is Cc1cc(C(=O)c2cc(Cl)ccc2F)c(C)cc1Cl. The van der Waals surface area contributed by atoms with E-state index < -0.39 is 11.6 Å². The second-order valence-electron chi connectivity index (χ2n) is 4.37. The molecule has 2 rings (SSSR count).